The van der Waals surface area contributed by atoms with Gasteiger partial charge in [-0.15, -0.1) is 11.6 Å². The molecule has 0 saturated carbocycles. The smallest absolute Gasteiger partial charge is 0.0229 e. The van der Waals surface area contributed by atoms with E-state index in [-0.39, 0.29) is 0 Å². The maximum atomic E-state index is 5.67. The Morgan fingerprint density at radius 3 is 2.42 bits per heavy atom. The molecule has 1 nitrogen and oxygen atoms in total. The molecule has 1 rings (SSSR count). The number of benzene rings is 1. The number of halogens is 1. The Hall–Kier alpha value is -0.530. The van der Waals surface area contributed by atoms with E-state index in [0.29, 0.717) is 18.3 Å². The summed E-state index contributed by atoms with van der Waals surface area (Å²) in [6.45, 7) is 0.677. The van der Waals surface area contributed by atoms with Gasteiger partial charge in [0.1, 0.15) is 0 Å². The van der Waals surface area contributed by atoms with Crippen molar-refractivity contribution < 1.29 is 0 Å². The van der Waals surface area contributed by atoms with Crippen LogP contribution < -0.4 is 5.73 Å². The Kier molecular flexibility index (Phi) is 4.12. The normalized spacial score (nSPS) is 12.8. The summed E-state index contributed by atoms with van der Waals surface area (Å²) < 4.78 is 0. The summed E-state index contributed by atoms with van der Waals surface area (Å²) in [7, 11) is 0. The molecule has 0 aliphatic carbocycles. The van der Waals surface area contributed by atoms with Crippen molar-refractivity contribution in [1.29, 1.82) is 0 Å². The van der Waals surface area contributed by atoms with Crippen LogP contribution in [0.1, 0.15) is 17.9 Å². The van der Waals surface area contributed by atoms with Gasteiger partial charge in [-0.05, 0) is 24.4 Å². The first kappa shape index (κ1) is 9.56. The first-order valence-electron chi connectivity index (χ1n) is 4.19. The van der Waals surface area contributed by atoms with E-state index in [9.17, 15) is 0 Å². The Bertz CT molecular complexity index is 210. The van der Waals surface area contributed by atoms with Crippen molar-refractivity contribution in [2.45, 2.75) is 12.3 Å². The Labute approximate surface area is 78.5 Å². The fraction of sp³-hybridized carbons (Fsp3) is 0.400. The second kappa shape index (κ2) is 5.18. The predicted octanol–water partition coefficient (Wildman–Crippen LogP) is 2.36. The predicted molar refractivity (Wildman–Crippen MR) is 53.6 cm³/mol. The lowest BCUT2D eigenvalue weighted by atomic mass is 9.97. The summed E-state index contributed by atoms with van der Waals surface area (Å²) in [6, 6.07) is 10.3. The van der Waals surface area contributed by atoms with Crippen LogP contribution in [0.5, 0.6) is 0 Å². The molecule has 2 N–H and O–H groups in total. The molecule has 0 spiro atoms. The summed E-state index contributed by atoms with van der Waals surface area (Å²) in [5, 5.41) is 0. The molecule has 1 aromatic rings. The average Bonchev–Trinajstić information content (AvgIpc) is 2.15. The molecule has 12 heavy (non-hydrogen) atoms. The van der Waals surface area contributed by atoms with Gasteiger partial charge in [-0.25, -0.2) is 0 Å². The fourth-order valence-electron chi connectivity index (χ4n) is 1.28. The Balaban J connectivity index is 2.66. The molecule has 0 radical (unpaired) electrons. The molecule has 1 atom stereocenters. The van der Waals surface area contributed by atoms with Crippen molar-refractivity contribution in [1.82, 2.24) is 0 Å². The van der Waals surface area contributed by atoms with Gasteiger partial charge in [-0.2, -0.15) is 0 Å². The Morgan fingerprint density at radius 1 is 1.25 bits per heavy atom. The number of nitrogens with two attached hydrogens (primary N) is 1. The van der Waals surface area contributed by atoms with Gasteiger partial charge in [0.15, 0.2) is 0 Å². The van der Waals surface area contributed by atoms with E-state index in [0.717, 1.165) is 6.42 Å². The number of hydrogen-bond donors (Lipinski definition) is 1. The summed E-state index contributed by atoms with van der Waals surface area (Å²) in [6.07, 6.45) is 0.960. The molecule has 1 aromatic carbocycles. The lowest BCUT2D eigenvalue weighted by Gasteiger charge is -2.12. The third-order valence-corrected chi connectivity index (χ3v) is 2.23. The molecular formula is C10H14ClN. The van der Waals surface area contributed by atoms with Crippen molar-refractivity contribution in [3.63, 3.8) is 0 Å². The molecule has 2 heteroatoms. The van der Waals surface area contributed by atoms with Gasteiger partial charge in [0.05, 0.1) is 0 Å². The van der Waals surface area contributed by atoms with E-state index >= 15 is 0 Å². The highest BCUT2D eigenvalue weighted by molar-refractivity contribution is 6.17. The molecule has 0 fully saturated rings. The minimum absolute atomic E-state index is 0.420. The molecule has 0 aliphatic heterocycles. The zero-order chi connectivity index (χ0) is 8.81. The van der Waals surface area contributed by atoms with Crippen LogP contribution in [0, 0.1) is 0 Å². The van der Waals surface area contributed by atoms with Gasteiger partial charge in [-0.3, -0.25) is 0 Å². The maximum Gasteiger partial charge on any atom is 0.0229 e. The third kappa shape index (κ3) is 2.50. The van der Waals surface area contributed by atoms with Crippen LogP contribution in [0.4, 0.5) is 0 Å². The SMILES string of the molecule is NCC(CCCl)c1ccccc1. The van der Waals surface area contributed by atoms with Crippen LogP contribution in [0.25, 0.3) is 0 Å². The van der Waals surface area contributed by atoms with Crippen molar-refractivity contribution >= 4 is 11.6 Å². The second-order valence-electron chi connectivity index (χ2n) is 2.82. The quantitative estimate of drug-likeness (QED) is 0.713. The summed E-state index contributed by atoms with van der Waals surface area (Å²) in [5.74, 6) is 1.10. The van der Waals surface area contributed by atoms with Gasteiger partial charge in [0.25, 0.3) is 0 Å². The van der Waals surface area contributed by atoms with E-state index in [1.165, 1.54) is 5.56 Å². The largest absolute Gasteiger partial charge is 0.330 e. The van der Waals surface area contributed by atoms with E-state index in [1.807, 2.05) is 18.2 Å². The highest BCUT2D eigenvalue weighted by Crippen LogP contribution is 2.17. The molecule has 1 unspecified atom stereocenters. The summed E-state index contributed by atoms with van der Waals surface area (Å²) in [5.41, 5.74) is 6.92. The molecule has 0 aromatic heterocycles. The van der Waals surface area contributed by atoms with E-state index in [1.54, 1.807) is 0 Å². The zero-order valence-corrected chi connectivity index (χ0v) is 7.80. The van der Waals surface area contributed by atoms with Crippen LogP contribution in [-0.4, -0.2) is 12.4 Å². The molecular weight excluding hydrogens is 170 g/mol. The molecule has 0 aliphatic rings. The fourth-order valence-corrected chi connectivity index (χ4v) is 1.54. The average molecular weight is 184 g/mol. The van der Waals surface area contributed by atoms with Gasteiger partial charge in [0, 0.05) is 5.88 Å². The minimum Gasteiger partial charge on any atom is -0.330 e. The van der Waals surface area contributed by atoms with E-state index in [4.69, 9.17) is 17.3 Å². The van der Waals surface area contributed by atoms with Gasteiger partial charge >= 0.3 is 0 Å². The first-order valence-corrected chi connectivity index (χ1v) is 4.73. The van der Waals surface area contributed by atoms with Gasteiger partial charge in [0.2, 0.25) is 0 Å². The minimum atomic E-state index is 0.420. The van der Waals surface area contributed by atoms with Crippen molar-refractivity contribution in [2.24, 2.45) is 5.73 Å². The molecule has 0 heterocycles. The first-order chi connectivity index (χ1) is 5.88. The van der Waals surface area contributed by atoms with Gasteiger partial charge < -0.3 is 5.73 Å². The number of hydrogen-bond acceptors (Lipinski definition) is 1. The second-order valence-corrected chi connectivity index (χ2v) is 3.20. The standard InChI is InChI=1S/C10H14ClN/c11-7-6-10(8-12)9-4-2-1-3-5-9/h1-5,10H,6-8,12H2. The summed E-state index contributed by atoms with van der Waals surface area (Å²) >= 11 is 5.67. The molecule has 0 amide bonds. The van der Waals surface area contributed by atoms with Crippen LogP contribution in [0.2, 0.25) is 0 Å². The topological polar surface area (TPSA) is 26.0 Å². The lowest BCUT2D eigenvalue weighted by molar-refractivity contribution is 0.678. The maximum absolute atomic E-state index is 5.67. The van der Waals surface area contributed by atoms with E-state index in [2.05, 4.69) is 12.1 Å². The van der Waals surface area contributed by atoms with Crippen LogP contribution in [-0.2, 0) is 0 Å². The van der Waals surface area contributed by atoms with Crippen LogP contribution in [0.3, 0.4) is 0 Å². The summed E-state index contributed by atoms with van der Waals surface area (Å²) in [4.78, 5) is 0. The molecule has 66 valence electrons. The van der Waals surface area contributed by atoms with Crippen molar-refractivity contribution in [3.05, 3.63) is 35.9 Å². The highest BCUT2D eigenvalue weighted by Gasteiger charge is 2.06. The Morgan fingerprint density at radius 2 is 1.92 bits per heavy atom. The third-order valence-electron chi connectivity index (χ3n) is 2.01. The van der Waals surface area contributed by atoms with E-state index < -0.39 is 0 Å². The number of rotatable bonds is 4. The lowest BCUT2D eigenvalue weighted by Crippen LogP contribution is -2.12. The van der Waals surface area contributed by atoms with Gasteiger partial charge in [-0.1, -0.05) is 30.3 Å². The van der Waals surface area contributed by atoms with Crippen molar-refractivity contribution in [3.8, 4) is 0 Å². The molecule has 0 saturated heterocycles. The zero-order valence-electron chi connectivity index (χ0n) is 7.04. The van der Waals surface area contributed by atoms with Crippen LogP contribution >= 0.6 is 11.6 Å². The highest BCUT2D eigenvalue weighted by atomic mass is 35.5. The molecule has 0 bridgehead atoms. The number of alkyl halides is 1. The monoisotopic (exact) mass is 183 g/mol. The van der Waals surface area contributed by atoms with Crippen molar-refractivity contribution in [2.75, 3.05) is 12.4 Å². The van der Waals surface area contributed by atoms with Crippen LogP contribution in [0.15, 0.2) is 30.3 Å².